The van der Waals surface area contributed by atoms with Gasteiger partial charge in [-0.15, -0.1) is 0 Å². The Morgan fingerprint density at radius 3 is 2.11 bits per heavy atom. The highest BCUT2D eigenvalue weighted by molar-refractivity contribution is 8.00. The minimum atomic E-state index is -0.370. The molecule has 2 N–H and O–H groups in total. The van der Waals surface area contributed by atoms with Gasteiger partial charge in [-0.1, -0.05) is 42.1 Å². The van der Waals surface area contributed by atoms with Gasteiger partial charge in [0.2, 0.25) is 5.91 Å². The van der Waals surface area contributed by atoms with Crippen LogP contribution in [0.3, 0.4) is 0 Å². The molecule has 4 aromatic carbocycles. The summed E-state index contributed by atoms with van der Waals surface area (Å²) in [6.45, 7) is 1.88. The summed E-state index contributed by atoms with van der Waals surface area (Å²) in [5, 5.41) is 5.55. The normalized spacial score (nSPS) is 11.8. The third kappa shape index (κ3) is 5.47. The van der Waals surface area contributed by atoms with Crippen molar-refractivity contribution in [1.82, 2.24) is 9.97 Å². The number of carbonyl (C=O) groups excluding carboxylic acids is 1. The fraction of sp³-hybridized carbons (Fsp3) is 0.133. The Kier molecular flexibility index (Phi) is 7.14. The maximum atomic E-state index is 13.0. The monoisotopic (exact) mass is 509 g/mol. The number of aromatic nitrogens is 2. The van der Waals surface area contributed by atoms with Crippen molar-refractivity contribution >= 4 is 34.1 Å². The van der Waals surface area contributed by atoms with Crippen molar-refractivity contribution in [3.05, 3.63) is 91.0 Å². The fourth-order valence-electron chi connectivity index (χ4n) is 4.06. The Hall–Kier alpha value is -4.23. The smallest absolute Gasteiger partial charge is 0.237 e. The average Bonchev–Trinajstić information content (AvgIpc) is 3.36. The molecule has 0 aliphatic carbocycles. The number of ether oxygens (including phenoxy) is 2. The molecular weight excluding hydrogens is 482 g/mol. The Morgan fingerprint density at radius 1 is 0.838 bits per heavy atom. The van der Waals surface area contributed by atoms with Crippen LogP contribution in [0.5, 0.6) is 11.5 Å². The molecule has 0 aliphatic heterocycles. The Morgan fingerprint density at radius 2 is 1.46 bits per heavy atom. The zero-order chi connectivity index (χ0) is 25.8. The first-order valence-corrected chi connectivity index (χ1v) is 12.8. The van der Waals surface area contributed by atoms with E-state index in [2.05, 4.69) is 16.4 Å². The van der Waals surface area contributed by atoms with Crippen LogP contribution in [-0.4, -0.2) is 35.3 Å². The summed E-state index contributed by atoms with van der Waals surface area (Å²) in [5.41, 5.74) is 4.37. The van der Waals surface area contributed by atoms with Gasteiger partial charge in [-0.2, -0.15) is 0 Å². The predicted octanol–water partition coefficient (Wildman–Crippen LogP) is 7.03. The van der Waals surface area contributed by atoms with E-state index < -0.39 is 0 Å². The molecule has 186 valence electrons. The van der Waals surface area contributed by atoms with Crippen molar-refractivity contribution in [3.63, 3.8) is 0 Å². The van der Waals surface area contributed by atoms with E-state index in [-0.39, 0.29) is 11.2 Å². The summed E-state index contributed by atoms with van der Waals surface area (Å²) in [6.07, 6.45) is 0. The second-order valence-corrected chi connectivity index (χ2v) is 9.86. The third-order valence-electron chi connectivity index (χ3n) is 6.10. The van der Waals surface area contributed by atoms with Crippen molar-refractivity contribution in [2.45, 2.75) is 17.3 Å². The molecule has 0 spiro atoms. The number of methoxy groups -OCH3 is 2. The summed E-state index contributed by atoms with van der Waals surface area (Å²) in [7, 11) is 3.29. The molecule has 0 saturated carbocycles. The lowest BCUT2D eigenvalue weighted by Gasteiger charge is -2.11. The first-order valence-electron chi connectivity index (χ1n) is 11.9. The Bertz CT molecular complexity index is 1460. The van der Waals surface area contributed by atoms with Crippen molar-refractivity contribution in [3.8, 4) is 34.0 Å². The minimum absolute atomic E-state index is 0.0892. The van der Waals surface area contributed by atoms with Crippen LogP contribution >= 0.6 is 11.8 Å². The van der Waals surface area contributed by atoms with Crippen LogP contribution in [-0.2, 0) is 4.79 Å². The number of aromatic amines is 1. The number of imidazole rings is 1. The number of H-pyrrole nitrogens is 1. The van der Waals surface area contributed by atoms with Crippen LogP contribution in [0.4, 0.5) is 5.69 Å². The number of nitrogens with one attached hydrogen (secondary N) is 2. The second kappa shape index (κ2) is 10.8. The van der Waals surface area contributed by atoms with Gasteiger partial charge in [0.1, 0.15) is 11.5 Å². The molecule has 1 atom stereocenters. The number of anilines is 1. The average molecular weight is 510 g/mol. The molecule has 1 amide bonds. The van der Waals surface area contributed by atoms with E-state index in [0.717, 1.165) is 50.5 Å². The number of thioether (sulfide) groups is 1. The Labute approximate surface area is 220 Å². The Balaban J connectivity index is 1.39. The molecule has 5 rings (SSSR count). The number of rotatable bonds is 8. The highest BCUT2D eigenvalue weighted by Gasteiger charge is 2.20. The van der Waals surface area contributed by atoms with Crippen LogP contribution in [0.15, 0.2) is 96.2 Å². The zero-order valence-corrected chi connectivity index (χ0v) is 21.6. The number of benzene rings is 4. The second-order valence-electron chi connectivity index (χ2n) is 8.53. The summed E-state index contributed by atoms with van der Waals surface area (Å²) in [6, 6.07) is 29.6. The zero-order valence-electron chi connectivity index (χ0n) is 20.8. The number of hydrogen-bond donors (Lipinski definition) is 2. The van der Waals surface area contributed by atoms with E-state index in [0.29, 0.717) is 5.16 Å². The topological polar surface area (TPSA) is 76.2 Å². The largest absolute Gasteiger partial charge is 0.497 e. The molecule has 0 fully saturated rings. The van der Waals surface area contributed by atoms with E-state index in [1.165, 1.54) is 11.8 Å². The van der Waals surface area contributed by atoms with Crippen LogP contribution in [0, 0.1) is 0 Å². The van der Waals surface area contributed by atoms with Gasteiger partial charge in [-0.3, -0.25) is 4.79 Å². The fourth-order valence-corrected chi connectivity index (χ4v) is 4.87. The number of carbonyl (C=O) groups is 1. The van der Waals surface area contributed by atoms with Gasteiger partial charge in [-0.05, 0) is 78.4 Å². The number of hydrogen-bond acceptors (Lipinski definition) is 5. The van der Waals surface area contributed by atoms with Crippen LogP contribution in [0.1, 0.15) is 6.92 Å². The van der Waals surface area contributed by atoms with Gasteiger partial charge in [0.05, 0.1) is 30.9 Å². The standard InChI is InChI=1S/C30H27N3O3S/c1-19(29(34)31-24-13-8-20-6-4-5-7-23(20)18-24)37-30-32-27(21-9-14-25(35-2)15-10-21)28(33-30)22-11-16-26(36-3)17-12-22/h4-19H,1-3H3,(H,31,34)(H,32,33). The van der Waals surface area contributed by atoms with E-state index in [1.54, 1.807) is 14.2 Å². The lowest BCUT2D eigenvalue weighted by Crippen LogP contribution is -2.22. The number of amides is 1. The van der Waals surface area contributed by atoms with E-state index in [9.17, 15) is 4.79 Å². The van der Waals surface area contributed by atoms with E-state index >= 15 is 0 Å². The molecule has 0 saturated heterocycles. The van der Waals surface area contributed by atoms with Gasteiger partial charge in [-0.25, -0.2) is 4.98 Å². The van der Waals surface area contributed by atoms with Gasteiger partial charge >= 0.3 is 0 Å². The summed E-state index contributed by atoms with van der Waals surface area (Å²) in [5.74, 6) is 1.47. The van der Waals surface area contributed by atoms with E-state index in [1.807, 2.05) is 91.9 Å². The first kappa shape index (κ1) is 24.5. The van der Waals surface area contributed by atoms with E-state index in [4.69, 9.17) is 14.5 Å². The third-order valence-corrected chi connectivity index (χ3v) is 7.08. The number of fused-ring (bicyclic) bond motifs is 1. The SMILES string of the molecule is COc1ccc(-c2nc(SC(C)C(=O)Nc3ccc4ccccc4c3)[nH]c2-c2ccc(OC)cc2)cc1. The summed E-state index contributed by atoms with van der Waals surface area (Å²) < 4.78 is 10.6. The molecule has 6 nitrogen and oxygen atoms in total. The lowest BCUT2D eigenvalue weighted by atomic mass is 10.0. The summed E-state index contributed by atoms with van der Waals surface area (Å²) >= 11 is 1.39. The molecular formula is C30H27N3O3S. The summed E-state index contributed by atoms with van der Waals surface area (Å²) in [4.78, 5) is 21.3. The highest BCUT2D eigenvalue weighted by Crippen LogP contribution is 2.35. The first-order chi connectivity index (χ1) is 18.0. The molecule has 1 unspecified atom stereocenters. The van der Waals surface area contributed by atoms with Crippen molar-refractivity contribution in [1.29, 1.82) is 0 Å². The maximum Gasteiger partial charge on any atom is 0.237 e. The lowest BCUT2D eigenvalue weighted by molar-refractivity contribution is -0.115. The van der Waals surface area contributed by atoms with Gasteiger partial charge < -0.3 is 19.8 Å². The quantitative estimate of drug-likeness (QED) is 0.220. The molecule has 1 heterocycles. The number of nitrogens with zero attached hydrogens (tertiary/aromatic N) is 1. The molecule has 0 bridgehead atoms. The molecule has 37 heavy (non-hydrogen) atoms. The van der Waals surface area contributed by atoms with Crippen LogP contribution in [0.2, 0.25) is 0 Å². The molecule has 1 aromatic heterocycles. The van der Waals surface area contributed by atoms with Gasteiger partial charge in [0, 0.05) is 16.8 Å². The van der Waals surface area contributed by atoms with Crippen molar-refractivity contribution in [2.75, 3.05) is 19.5 Å². The highest BCUT2D eigenvalue weighted by atomic mass is 32.2. The van der Waals surface area contributed by atoms with Crippen LogP contribution in [0.25, 0.3) is 33.3 Å². The molecule has 5 aromatic rings. The van der Waals surface area contributed by atoms with Gasteiger partial charge in [0.15, 0.2) is 5.16 Å². The maximum absolute atomic E-state index is 13.0. The minimum Gasteiger partial charge on any atom is -0.497 e. The van der Waals surface area contributed by atoms with Crippen molar-refractivity contribution < 1.29 is 14.3 Å². The van der Waals surface area contributed by atoms with Crippen LogP contribution < -0.4 is 14.8 Å². The predicted molar refractivity (Wildman–Crippen MR) is 150 cm³/mol. The van der Waals surface area contributed by atoms with Gasteiger partial charge in [0.25, 0.3) is 0 Å². The molecule has 7 heteroatoms. The molecule has 0 aliphatic rings. The van der Waals surface area contributed by atoms with Crippen molar-refractivity contribution in [2.24, 2.45) is 0 Å². The molecule has 0 radical (unpaired) electrons.